The molecule has 2 atom stereocenters. The van der Waals surface area contributed by atoms with E-state index in [1.807, 2.05) is 0 Å². The molecule has 2 N–H and O–H groups in total. The van der Waals surface area contributed by atoms with Crippen LogP contribution in [0.2, 0.25) is 0 Å². The lowest BCUT2D eigenvalue weighted by Gasteiger charge is -2.29. The smallest absolute Gasteiger partial charge is 0.319 e. The van der Waals surface area contributed by atoms with E-state index in [2.05, 4.69) is 17.6 Å². The van der Waals surface area contributed by atoms with Crippen LogP contribution in [0, 0.1) is 5.92 Å². The predicted molar refractivity (Wildman–Crippen MR) is 83.1 cm³/mol. The summed E-state index contributed by atoms with van der Waals surface area (Å²) in [6.45, 7) is 2.19. The predicted octanol–water partition coefficient (Wildman–Crippen LogP) is 3.40. The average molecular weight is 292 g/mol. The summed E-state index contributed by atoms with van der Waals surface area (Å²) < 4.78 is 10.4. The normalized spacial score (nSPS) is 21.5. The summed E-state index contributed by atoms with van der Waals surface area (Å²) in [6.07, 6.45) is 4.65. The molecule has 2 rings (SSSR count). The van der Waals surface area contributed by atoms with Crippen molar-refractivity contribution in [3.63, 3.8) is 0 Å². The molecule has 0 radical (unpaired) electrons. The largest absolute Gasteiger partial charge is 0.497 e. The standard InChI is InChI=1S/C16H24N2O3/c1-11-6-4-5-7-13(11)17-16(19)18-14-10-12(20-2)8-9-15(14)21-3/h8-11,13H,4-7H2,1-3H3,(H2,17,18,19). The van der Waals surface area contributed by atoms with Crippen molar-refractivity contribution in [1.29, 1.82) is 0 Å². The Morgan fingerprint density at radius 1 is 1.19 bits per heavy atom. The van der Waals surface area contributed by atoms with Crippen LogP contribution in [0.3, 0.4) is 0 Å². The zero-order valence-corrected chi connectivity index (χ0v) is 12.9. The van der Waals surface area contributed by atoms with E-state index in [4.69, 9.17) is 9.47 Å². The van der Waals surface area contributed by atoms with Crippen LogP contribution in [0.5, 0.6) is 11.5 Å². The first kappa shape index (κ1) is 15.5. The summed E-state index contributed by atoms with van der Waals surface area (Å²) in [5.41, 5.74) is 0.609. The Kier molecular flexibility index (Phi) is 5.31. The van der Waals surface area contributed by atoms with Crippen molar-refractivity contribution in [2.24, 2.45) is 5.92 Å². The van der Waals surface area contributed by atoms with Gasteiger partial charge in [0.05, 0.1) is 19.9 Å². The Balaban J connectivity index is 2.01. The molecule has 1 aliphatic rings. The molecule has 5 nitrogen and oxygen atoms in total. The molecular weight excluding hydrogens is 268 g/mol. The van der Waals surface area contributed by atoms with Gasteiger partial charge < -0.3 is 20.1 Å². The molecule has 1 saturated carbocycles. The third-order valence-electron chi connectivity index (χ3n) is 4.08. The lowest BCUT2D eigenvalue weighted by molar-refractivity contribution is 0.232. The Labute approximate surface area is 126 Å². The van der Waals surface area contributed by atoms with E-state index in [0.717, 1.165) is 6.42 Å². The maximum absolute atomic E-state index is 12.2. The van der Waals surface area contributed by atoms with Crippen LogP contribution in [0.4, 0.5) is 10.5 Å². The van der Waals surface area contributed by atoms with Crippen LogP contribution in [0.15, 0.2) is 18.2 Å². The number of benzene rings is 1. The van der Waals surface area contributed by atoms with Crippen molar-refractivity contribution in [3.05, 3.63) is 18.2 Å². The summed E-state index contributed by atoms with van der Waals surface area (Å²) in [6, 6.07) is 5.38. The molecule has 0 aromatic heterocycles. The number of amides is 2. The van der Waals surface area contributed by atoms with Crippen molar-refractivity contribution in [2.75, 3.05) is 19.5 Å². The second kappa shape index (κ2) is 7.20. The first-order valence-electron chi connectivity index (χ1n) is 7.43. The molecule has 1 aliphatic carbocycles. The molecule has 2 unspecified atom stereocenters. The molecule has 5 heteroatoms. The number of carbonyl (C=O) groups is 1. The van der Waals surface area contributed by atoms with Gasteiger partial charge in [0.2, 0.25) is 0 Å². The minimum absolute atomic E-state index is 0.194. The lowest BCUT2D eigenvalue weighted by atomic mass is 9.86. The van der Waals surface area contributed by atoms with Crippen molar-refractivity contribution < 1.29 is 14.3 Å². The molecular formula is C16H24N2O3. The monoisotopic (exact) mass is 292 g/mol. The summed E-state index contributed by atoms with van der Waals surface area (Å²) in [5, 5.41) is 5.91. The van der Waals surface area contributed by atoms with Gasteiger partial charge >= 0.3 is 6.03 Å². The van der Waals surface area contributed by atoms with Gasteiger partial charge in [-0.15, -0.1) is 0 Å². The topological polar surface area (TPSA) is 59.6 Å². The van der Waals surface area contributed by atoms with Gasteiger partial charge in [-0.25, -0.2) is 4.79 Å². The number of nitrogens with one attached hydrogen (secondary N) is 2. The van der Waals surface area contributed by atoms with Crippen LogP contribution < -0.4 is 20.1 Å². The third-order valence-corrected chi connectivity index (χ3v) is 4.08. The molecule has 0 saturated heterocycles. The lowest BCUT2D eigenvalue weighted by Crippen LogP contribution is -2.43. The maximum Gasteiger partial charge on any atom is 0.319 e. The number of hydrogen-bond acceptors (Lipinski definition) is 3. The zero-order valence-electron chi connectivity index (χ0n) is 12.9. The van der Waals surface area contributed by atoms with Gasteiger partial charge in [-0.05, 0) is 30.9 Å². The minimum Gasteiger partial charge on any atom is -0.497 e. The Morgan fingerprint density at radius 3 is 2.62 bits per heavy atom. The van der Waals surface area contributed by atoms with Crippen LogP contribution in [0.25, 0.3) is 0 Å². The second-order valence-electron chi connectivity index (χ2n) is 5.53. The summed E-state index contributed by atoms with van der Waals surface area (Å²) >= 11 is 0. The number of carbonyl (C=O) groups excluding carboxylic acids is 1. The molecule has 1 aromatic carbocycles. The van der Waals surface area contributed by atoms with Gasteiger partial charge in [-0.1, -0.05) is 19.8 Å². The van der Waals surface area contributed by atoms with Crippen LogP contribution in [-0.2, 0) is 0 Å². The number of rotatable bonds is 4. The number of anilines is 1. The quantitative estimate of drug-likeness (QED) is 0.894. The van der Waals surface area contributed by atoms with E-state index in [9.17, 15) is 4.79 Å². The third kappa shape index (κ3) is 4.03. The summed E-state index contributed by atoms with van der Waals surface area (Å²) in [5.74, 6) is 1.82. The van der Waals surface area contributed by atoms with E-state index in [1.165, 1.54) is 19.3 Å². The zero-order chi connectivity index (χ0) is 15.2. The number of urea groups is 1. The molecule has 116 valence electrons. The van der Waals surface area contributed by atoms with Crippen molar-refractivity contribution in [1.82, 2.24) is 5.32 Å². The molecule has 0 heterocycles. The van der Waals surface area contributed by atoms with E-state index < -0.39 is 0 Å². The fourth-order valence-corrected chi connectivity index (χ4v) is 2.77. The molecule has 0 spiro atoms. The first-order valence-corrected chi connectivity index (χ1v) is 7.43. The Hall–Kier alpha value is -1.91. The average Bonchev–Trinajstić information content (AvgIpc) is 2.49. The molecule has 1 fully saturated rings. The molecule has 0 bridgehead atoms. The van der Waals surface area contributed by atoms with E-state index in [-0.39, 0.29) is 12.1 Å². The Bertz CT molecular complexity index is 490. The fraction of sp³-hybridized carbons (Fsp3) is 0.562. The van der Waals surface area contributed by atoms with E-state index in [1.54, 1.807) is 32.4 Å². The highest BCUT2D eigenvalue weighted by Crippen LogP contribution is 2.29. The highest BCUT2D eigenvalue weighted by atomic mass is 16.5. The van der Waals surface area contributed by atoms with Gasteiger partial charge in [0.25, 0.3) is 0 Å². The highest BCUT2D eigenvalue weighted by Gasteiger charge is 2.23. The molecule has 1 aromatic rings. The summed E-state index contributed by atoms with van der Waals surface area (Å²) in [7, 11) is 3.17. The van der Waals surface area contributed by atoms with Gasteiger partial charge in [0.1, 0.15) is 11.5 Å². The van der Waals surface area contributed by atoms with Gasteiger partial charge in [0, 0.05) is 12.1 Å². The van der Waals surface area contributed by atoms with Crippen LogP contribution in [0.1, 0.15) is 32.6 Å². The maximum atomic E-state index is 12.2. The minimum atomic E-state index is -0.194. The van der Waals surface area contributed by atoms with Crippen LogP contribution >= 0.6 is 0 Å². The van der Waals surface area contributed by atoms with Gasteiger partial charge in [-0.3, -0.25) is 0 Å². The van der Waals surface area contributed by atoms with Crippen LogP contribution in [-0.4, -0.2) is 26.3 Å². The van der Waals surface area contributed by atoms with Gasteiger partial charge in [-0.2, -0.15) is 0 Å². The van der Waals surface area contributed by atoms with E-state index in [0.29, 0.717) is 23.1 Å². The first-order chi connectivity index (χ1) is 10.1. The van der Waals surface area contributed by atoms with E-state index >= 15 is 0 Å². The molecule has 2 amide bonds. The van der Waals surface area contributed by atoms with Gasteiger partial charge in [0.15, 0.2) is 0 Å². The van der Waals surface area contributed by atoms with Crippen molar-refractivity contribution in [2.45, 2.75) is 38.6 Å². The van der Waals surface area contributed by atoms with Crippen molar-refractivity contribution >= 4 is 11.7 Å². The fourth-order valence-electron chi connectivity index (χ4n) is 2.77. The SMILES string of the molecule is COc1ccc(OC)c(NC(=O)NC2CCCCC2C)c1. The highest BCUT2D eigenvalue weighted by molar-refractivity contribution is 5.91. The molecule has 0 aliphatic heterocycles. The second-order valence-corrected chi connectivity index (χ2v) is 5.53. The van der Waals surface area contributed by atoms with Crippen molar-refractivity contribution in [3.8, 4) is 11.5 Å². The molecule has 21 heavy (non-hydrogen) atoms. The number of ether oxygens (including phenoxy) is 2. The number of methoxy groups -OCH3 is 2. The number of hydrogen-bond donors (Lipinski definition) is 2. The Morgan fingerprint density at radius 2 is 1.95 bits per heavy atom. The summed E-state index contributed by atoms with van der Waals surface area (Å²) in [4.78, 5) is 12.2.